The van der Waals surface area contributed by atoms with Crippen LogP contribution in [0.25, 0.3) is 0 Å². The lowest BCUT2D eigenvalue weighted by Crippen LogP contribution is -2.13. The number of nitrogens with two attached hydrogens (primary N) is 1. The Balaban J connectivity index is 1.91. The molecule has 0 aliphatic rings. The van der Waals surface area contributed by atoms with Crippen LogP contribution in [-0.4, -0.2) is 0 Å². The third-order valence-electron chi connectivity index (χ3n) is 4.06. The lowest BCUT2D eigenvalue weighted by atomic mass is 9.97. The van der Waals surface area contributed by atoms with Crippen molar-refractivity contribution in [1.82, 2.24) is 0 Å². The van der Waals surface area contributed by atoms with Crippen molar-refractivity contribution < 1.29 is 9.47 Å². The first-order chi connectivity index (χ1) is 12.6. The van der Waals surface area contributed by atoms with E-state index in [4.69, 9.17) is 15.2 Å². The Bertz CT molecular complexity index is 816. The van der Waals surface area contributed by atoms with Gasteiger partial charge in [0, 0.05) is 6.04 Å². The normalized spacial score (nSPS) is 12.0. The molecule has 3 nitrogen and oxygen atoms in total. The SMILES string of the molecule is CC(C)C[C@@H](N)c1ccc(Oc2ccccc2)c(Oc2ccccc2)c1. The Hall–Kier alpha value is -2.78. The zero-order valence-electron chi connectivity index (χ0n) is 15.3. The summed E-state index contributed by atoms with van der Waals surface area (Å²) < 4.78 is 12.1. The lowest BCUT2D eigenvalue weighted by Gasteiger charge is -2.18. The van der Waals surface area contributed by atoms with Crippen LogP contribution in [-0.2, 0) is 0 Å². The minimum Gasteiger partial charge on any atom is -0.453 e. The van der Waals surface area contributed by atoms with Crippen LogP contribution < -0.4 is 15.2 Å². The minimum absolute atomic E-state index is 0.0288. The molecule has 0 aromatic heterocycles. The Labute approximate surface area is 155 Å². The van der Waals surface area contributed by atoms with Crippen molar-refractivity contribution in [3.63, 3.8) is 0 Å². The van der Waals surface area contributed by atoms with E-state index in [0.29, 0.717) is 17.4 Å². The molecule has 0 unspecified atom stereocenters. The van der Waals surface area contributed by atoms with Gasteiger partial charge in [-0.15, -0.1) is 0 Å². The van der Waals surface area contributed by atoms with Crippen LogP contribution in [0.3, 0.4) is 0 Å². The van der Waals surface area contributed by atoms with Gasteiger partial charge in [-0.1, -0.05) is 56.3 Å². The van der Waals surface area contributed by atoms with Gasteiger partial charge < -0.3 is 15.2 Å². The van der Waals surface area contributed by atoms with Gasteiger partial charge in [0.25, 0.3) is 0 Å². The number of hydrogen-bond acceptors (Lipinski definition) is 3. The first-order valence-electron chi connectivity index (χ1n) is 8.97. The van der Waals surface area contributed by atoms with Gasteiger partial charge in [0.1, 0.15) is 11.5 Å². The summed E-state index contributed by atoms with van der Waals surface area (Å²) in [6, 6.07) is 25.3. The summed E-state index contributed by atoms with van der Waals surface area (Å²) in [6.45, 7) is 4.35. The average Bonchev–Trinajstić information content (AvgIpc) is 2.64. The molecule has 0 saturated carbocycles. The van der Waals surface area contributed by atoms with Gasteiger partial charge in [0.15, 0.2) is 11.5 Å². The Morgan fingerprint density at radius 1 is 0.731 bits per heavy atom. The van der Waals surface area contributed by atoms with E-state index in [2.05, 4.69) is 13.8 Å². The maximum atomic E-state index is 6.36. The fraction of sp³-hybridized carbons (Fsp3) is 0.217. The van der Waals surface area contributed by atoms with Crippen LogP contribution in [0.1, 0.15) is 31.9 Å². The summed E-state index contributed by atoms with van der Waals surface area (Å²) in [5, 5.41) is 0. The topological polar surface area (TPSA) is 44.5 Å². The molecular weight excluding hydrogens is 322 g/mol. The predicted octanol–water partition coefficient (Wildman–Crippen LogP) is 6.32. The predicted molar refractivity (Wildman–Crippen MR) is 106 cm³/mol. The zero-order valence-corrected chi connectivity index (χ0v) is 15.3. The van der Waals surface area contributed by atoms with Crippen molar-refractivity contribution in [2.24, 2.45) is 11.7 Å². The molecule has 3 heteroatoms. The highest BCUT2D eigenvalue weighted by Gasteiger charge is 2.14. The van der Waals surface area contributed by atoms with E-state index in [1.807, 2.05) is 78.9 Å². The third kappa shape index (κ3) is 4.87. The van der Waals surface area contributed by atoms with Crippen LogP contribution in [0.4, 0.5) is 0 Å². The van der Waals surface area contributed by atoms with Gasteiger partial charge in [-0.25, -0.2) is 0 Å². The second-order valence-corrected chi connectivity index (χ2v) is 6.77. The molecule has 0 aliphatic heterocycles. The smallest absolute Gasteiger partial charge is 0.170 e. The Morgan fingerprint density at radius 2 is 1.27 bits per heavy atom. The highest BCUT2D eigenvalue weighted by molar-refractivity contribution is 5.48. The fourth-order valence-electron chi connectivity index (χ4n) is 2.79. The van der Waals surface area contributed by atoms with Crippen molar-refractivity contribution in [2.45, 2.75) is 26.3 Å². The van der Waals surface area contributed by atoms with E-state index in [9.17, 15) is 0 Å². The molecule has 0 radical (unpaired) electrons. The summed E-state index contributed by atoms with van der Waals surface area (Å²) in [4.78, 5) is 0. The number of para-hydroxylation sites is 2. The van der Waals surface area contributed by atoms with E-state index >= 15 is 0 Å². The number of ether oxygens (including phenoxy) is 2. The molecule has 134 valence electrons. The molecule has 0 saturated heterocycles. The first-order valence-corrected chi connectivity index (χ1v) is 8.97. The third-order valence-corrected chi connectivity index (χ3v) is 4.06. The Kier molecular flexibility index (Phi) is 5.92. The fourth-order valence-corrected chi connectivity index (χ4v) is 2.79. The van der Waals surface area contributed by atoms with Crippen molar-refractivity contribution in [3.05, 3.63) is 84.4 Å². The molecule has 0 amide bonds. The summed E-state index contributed by atoms with van der Waals surface area (Å²) >= 11 is 0. The van der Waals surface area contributed by atoms with Crippen molar-refractivity contribution in [3.8, 4) is 23.0 Å². The molecule has 0 bridgehead atoms. The second-order valence-electron chi connectivity index (χ2n) is 6.77. The van der Waals surface area contributed by atoms with E-state index in [0.717, 1.165) is 23.5 Å². The second kappa shape index (κ2) is 8.54. The summed E-state index contributed by atoms with van der Waals surface area (Å²) in [7, 11) is 0. The Morgan fingerprint density at radius 3 is 1.81 bits per heavy atom. The maximum absolute atomic E-state index is 6.36. The standard InChI is InChI=1S/C23H25NO2/c1-17(2)15-21(24)18-13-14-22(25-19-9-5-3-6-10-19)23(16-18)26-20-11-7-4-8-12-20/h3-14,16-17,21H,15,24H2,1-2H3/t21-/m1/s1. The van der Waals surface area contributed by atoms with E-state index in [1.54, 1.807) is 0 Å². The van der Waals surface area contributed by atoms with Crippen LogP contribution in [0, 0.1) is 5.92 Å². The molecule has 3 rings (SSSR count). The highest BCUT2D eigenvalue weighted by Crippen LogP contribution is 2.37. The average molecular weight is 347 g/mol. The number of benzene rings is 3. The first kappa shape index (κ1) is 18.0. The van der Waals surface area contributed by atoms with Crippen molar-refractivity contribution in [1.29, 1.82) is 0 Å². The van der Waals surface area contributed by atoms with Gasteiger partial charge in [0.05, 0.1) is 0 Å². The number of rotatable bonds is 7. The molecule has 2 N–H and O–H groups in total. The van der Waals surface area contributed by atoms with Crippen LogP contribution in [0.15, 0.2) is 78.9 Å². The minimum atomic E-state index is -0.0288. The molecule has 3 aromatic rings. The van der Waals surface area contributed by atoms with E-state index < -0.39 is 0 Å². The lowest BCUT2D eigenvalue weighted by molar-refractivity contribution is 0.416. The van der Waals surface area contributed by atoms with E-state index in [1.165, 1.54) is 0 Å². The number of hydrogen-bond donors (Lipinski definition) is 1. The summed E-state index contributed by atoms with van der Waals surface area (Å²) in [5.74, 6) is 3.39. The van der Waals surface area contributed by atoms with Crippen molar-refractivity contribution in [2.75, 3.05) is 0 Å². The maximum Gasteiger partial charge on any atom is 0.170 e. The molecule has 3 aromatic carbocycles. The van der Waals surface area contributed by atoms with Crippen molar-refractivity contribution >= 4 is 0 Å². The summed E-state index contributed by atoms with van der Waals surface area (Å²) in [5.41, 5.74) is 7.41. The largest absolute Gasteiger partial charge is 0.453 e. The van der Waals surface area contributed by atoms with Crippen LogP contribution in [0.5, 0.6) is 23.0 Å². The quantitative estimate of drug-likeness (QED) is 0.544. The molecule has 0 fully saturated rings. The highest BCUT2D eigenvalue weighted by atomic mass is 16.5. The van der Waals surface area contributed by atoms with Gasteiger partial charge in [0.2, 0.25) is 0 Å². The van der Waals surface area contributed by atoms with Gasteiger partial charge in [-0.2, -0.15) is 0 Å². The van der Waals surface area contributed by atoms with Crippen LogP contribution in [0.2, 0.25) is 0 Å². The molecular formula is C23H25NO2. The zero-order chi connectivity index (χ0) is 18.4. The molecule has 1 atom stereocenters. The molecule has 0 aliphatic carbocycles. The molecule has 0 spiro atoms. The molecule has 0 heterocycles. The van der Waals surface area contributed by atoms with E-state index in [-0.39, 0.29) is 6.04 Å². The van der Waals surface area contributed by atoms with Crippen LogP contribution >= 0.6 is 0 Å². The van der Waals surface area contributed by atoms with Gasteiger partial charge >= 0.3 is 0 Å². The van der Waals surface area contributed by atoms with Gasteiger partial charge in [-0.3, -0.25) is 0 Å². The summed E-state index contributed by atoms with van der Waals surface area (Å²) in [6.07, 6.45) is 0.920. The van der Waals surface area contributed by atoms with Gasteiger partial charge in [-0.05, 0) is 54.3 Å². The monoisotopic (exact) mass is 347 g/mol. The molecule has 26 heavy (non-hydrogen) atoms.